The van der Waals surface area contributed by atoms with E-state index in [-0.39, 0.29) is 26.2 Å². The zero-order chi connectivity index (χ0) is 19.2. The van der Waals surface area contributed by atoms with Gasteiger partial charge in [0.25, 0.3) is 0 Å². The Bertz CT molecular complexity index is 308. The molecule has 0 aliphatic rings. The lowest BCUT2D eigenvalue weighted by molar-refractivity contribution is -0.249. The van der Waals surface area contributed by atoms with E-state index in [0.29, 0.717) is 25.7 Å². The summed E-state index contributed by atoms with van der Waals surface area (Å²) in [6, 6.07) is 0. The normalized spacial score (nSPS) is 17.9. The standard InChI is InChI=1S/C19H40O6/c1-3-5-6-9-12-19(25-15-14-21,18(24,4-2)16-22)17(23)11-8-7-10-13-20/h17,20-24H,3-16H2,1-2H3. The molecule has 3 atom stereocenters. The van der Waals surface area contributed by atoms with Crippen molar-refractivity contribution in [3.8, 4) is 0 Å². The molecule has 0 saturated heterocycles. The molecule has 0 aliphatic heterocycles. The molecule has 0 spiro atoms. The van der Waals surface area contributed by atoms with Gasteiger partial charge in [0.2, 0.25) is 0 Å². The molecule has 0 aromatic rings. The largest absolute Gasteiger partial charge is 0.396 e. The lowest BCUT2D eigenvalue weighted by Crippen LogP contribution is -2.64. The van der Waals surface area contributed by atoms with Crippen molar-refractivity contribution in [2.24, 2.45) is 0 Å². The third-order valence-corrected chi connectivity index (χ3v) is 5.16. The average molecular weight is 365 g/mol. The summed E-state index contributed by atoms with van der Waals surface area (Å²) in [5.41, 5.74) is -2.86. The summed E-state index contributed by atoms with van der Waals surface area (Å²) in [6.45, 7) is 3.29. The van der Waals surface area contributed by atoms with Gasteiger partial charge < -0.3 is 30.3 Å². The van der Waals surface area contributed by atoms with Gasteiger partial charge in [0.1, 0.15) is 11.2 Å². The first-order chi connectivity index (χ1) is 12.0. The molecule has 6 nitrogen and oxygen atoms in total. The van der Waals surface area contributed by atoms with Crippen LogP contribution in [0.5, 0.6) is 0 Å². The Hall–Kier alpha value is -0.240. The highest BCUT2D eigenvalue weighted by molar-refractivity contribution is 5.05. The first-order valence-electron chi connectivity index (χ1n) is 9.85. The van der Waals surface area contributed by atoms with Crippen molar-refractivity contribution >= 4 is 0 Å². The molecule has 0 heterocycles. The van der Waals surface area contributed by atoms with Crippen LogP contribution in [0.3, 0.4) is 0 Å². The van der Waals surface area contributed by atoms with Crippen LogP contribution >= 0.6 is 0 Å². The van der Waals surface area contributed by atoms with Crippen LogP contribution < -0.4 is 0 Å². The van der Waals surface area contributed by atoms with E-state index in [4.69, 9.17) is 9.84 Å². The number of hydrogen-bond acceptors (Lipinski definition) is 6. The summed E-state index contributed by atoms with van der Waals surface area (Å²) in [5, 5.41) is 49.9. The molecular formula is C19H40O6. The maximum absolute atomic E-state index is 11.0. The predicted molar refractivity (Wildman–Crippen MR) is 98.4 cm³/mol. The summed E-state index contributed by atoms with van der Waals surface area (Å²) in [6.07, 6.45) is 6.17. The fourth-order valence-corrected chi connectivity index (χ4v) is 3.46. The first-order valence-corrected chi connectivity index (χ1v) is 9.85. The summed E-state index contributed by atoms with van der Waals surface area (Å²) in [4.78, 5) is 0. The molecule has 0 bridgehead atoms. The number of rotatable bonds is 17. The second-order valence-corrected chi connectivity index (χ2v) is 6.90. The van der Waals surface area contributed by atoms with Gasteiger partial charge in [-0.05, 0) is 25.7 Å². The van der Waals surface area contributed by atoms with Crippen LogP contribution in [0, 0.1) is 0 Å². The quantitative estimate of drug-likeness (QED) is 0.252. The smallest absolute Gasteiger partial charge is 0.125 e. The number of aliphatic hydroxyl groups is 5. The van der Waals surface area contributed by atoms with E-state index in [1.165, 1.54) is 0 Å². The molecule has 0 rings (SSSR count). The lowest BCUT2D eigenvalue weighted by Gasteiger charge is -2.49. The molecule has 0 aliphatic carbocycles. The van der Waals surface area contributed by atoms with Crippen LogP contribution in [0.2, 0.25) is 0 Å². The van der Waals surface area contributed by atoms with Gasteiger partial charge in [0.15, 0.2) is 0 Å². The first kappa shape index (κ1) is 24.8. The van der Waals surface area contributed by atoms with Crippen LogP contribution in [0.1, 0.15) is 78.1 Å². The monoisotopic (exact) mass is 364 g/mol. The van der Waals surface area contributed by atoms with E-state index in [9.17, 15) is 20.4 Å². The molecule has 25 heavy (non-hydrogen) atoms. The summed E-state index contributed by atoms with van der Waals surface area (Å²) >= 11 is 0. The van der Waals surface area contributed by atoms with Crippen molar-refractivity contribution in [2.45, 2.75) is 95.4 Å². The Morgan fingerprint density at radius 1 is 0.880 bits per heavy atom. The molecule has 0 saturated carbocycles. The van der Waals surface area contributed by atoms with Gasteiger partial charge >= 0.3 is 0 Å². The predicted octanol–water partition coefficient (Wildman–Crippen LogP) is 1.75. The maximum Gasteiger partial charge on any atom is 0.125 e. The Kier molecular flexibility index (Phi) is 13.8. The van der Waals surface area contributed by atoms with Crippen LogP contribution in [0.4, 0.5) is 0 Å². The Labute approximate surface area is 152 Å². The second-order valence-electron chi connectivity index (χ2n) is 6.90. The minimum absolute atomic E-state index is 0.00376. The summed E-state index contributed by atoms with van der Waals surface area (Å²) in [7, 11) is 0. The summed E-state index contributed by atoms with van der Waals surface area (Å²) < 4.78 is 5.87. The fraction of sp³-hybridized carbons (Fsp3) is 1.00. The van der Waals surface area contributed by atoms with E-state index < -0.39 is 23.9 Å². The molecule has 0 radical (unpaired) electrons. The van der Waals surface area contributed by atoms with Crippen molar-refractivity contribution in [1.29, 1.82) is 0 Å². The SMILES string of the molecule is CCCCCCC(OCCO)(C(O)CCCCCO)C(O)(CC)CO. The Balaban J connectivity index is 5.33. The number of ether oxygens (including phenoxy) is 1. The van der Waals surface area contributed by atoms with E-state index in [2.05, 4.69) is 6.92 Å². The fourth-order valence-electron chi connectivity index (χ4n) is 3.46. The highest BCUT2D eigenvalue weighted by Crippen LogP contribution is 2.39. The van der Waals surface area contributed by atoms with Crippen LogP contribution in [-0.4, -0.2) is 69.3 Å². The zero-order valence-electron chi connectivity index (χ0n) is 16.1. The molecule has 0 amide bonds. The molecule has 152 valence electrons. The minimum Gasteiger partial charge on any atom is -0.396 e. The number of aliphatic hydroxyl groups excluding tert-OH is 4. The second kappa shape index (κ2) is 13.9. The van der Waals surface area contributed by atoms with Crippen molar-refractivity contribution in [2.75, 3.05) is 26.4 Å². The number of unbranched alkanes of at least 4 members (excludes halogenated alkanes) is 5. The van der Waals surface area contributed by atoms with E-state index >= 15 is 0 Å². The molecule has 6 heteroatoms. The van der Waals surface area contributed by atoms with Gasteiger partial charge in [-0.2, -0.15) is 0 Å². The van der Waals surface area contributed by atoms with E-state index in [0.717, 1.165) is 32.1 Å². The molecule has 0 fully saturated rings. The minimum atomic E-state index is -1.56. The molecule has 0 aromatic heterocycles. The Morgan fingerprint density at radius 3 is 2.08 bits per heavy atom. The van der Waals surface area contributed by atoms with Crippen molar-refractivity contribution in [1.82, 2.24) is 0 Å². The summed E-state index contributed by atoms with van der Waals surface area (Å²) in [5.74, 6) is 0. The maximum atomic E-state index is 11.0. The van der Waals surface area contributed by atoms with Crippen LogP contribution in [0.25, 0.3) is 0 Å². The van der Waals surface area contributed by atoms with Gasteiger partial charge in [0, 0.05) is 6.61 Å². The van der Waals surface area contributed by atoms with Gasteiger partial charge in [-0.1, -0.05) is 52.4 Å². The van der Waals surface area contributed by atoms with Gasteiger partial charge in [-0.25, -0.2) is 0 Å². The van der Waals surface area contributed by atoms with Gasteiger partial charge in [-0.3, -0.25) is 0 Å². The third kappa shape index (κ3) is 7.49. The highest BCUT2D eigenvalue weighted by atomic mass is 16.5. The van der Waals surface area contributed by atoms with Crippen molar-refractivity contribution in [3.63, 3.8) is 0 Å². The van der Waals surface area contributed by atoms with E-state index in [1.54, 1.807) is 6.92 Å². The van der Waals surface area contributed by atoms with E-state index in [1.807, 2.05) is 0 Å². The molecular weight excluding hydrogens is 324 g/mol. The van der Waals surface area contributed by atoms with Gasteiger partial charge in [0.05, 0.1) is 25.9 Å². The van der Waals surface area contributed by atoms with Crippen molar-refractivity contribution < 1.29 is 30.3 Å². The Morgan fingerprint density at radius 2 is 1.56 bits per heavy atom. The molecule has 3 unspecified atom stereocenters. The molecule has 0 aromatic carbocycles. The zero-order valence-corrected chi connectivity index (χ0v) is 16.1. The van der Waals surface area contributed by atoms with Crippen molar-refractivity contribution in [3.05, 3.63) is 0 Å². The highest BCUT2D eigenvalue weighted by Gasteiger charge is 2.54. The van der Waals surface area contributed by atoms with Crippen LogP contribution in [-0.2, 0) is 4.74 Å². The third-order valence-electron chi connectivity index (χ3n) is 5.16. The topological polar surface area (TPSA) is 110 Å². The number of hydrogen-bond donors (Lipinski definition) is 5. The molecule has 5 N–H and O–H groups in total. The average Bonchev–Trinajstić information content (AvgIpc) is 2.64. The lowest BCUT2D eigenvalue weighted by atomic mass is 9.72. The van der Waals surface area contributed by atoms with Gasteiger partial charge in [-0.15, -0.1) is 0 Å². The van der Waals surface area contributed by atoms with Crippen LogP contribution in [0.15, 0.2) is 0 Å².